The normalized spacial score (nSPS) is 18.0. The van der Waals surface area contributed by atoms with Gasteiger partial charge in [-0.3, -0.25) is 9.36 Å². The number of H-pyrrole nitrogens is 1. The number of piperidine rings is 1. The molecule has 3 heterocycles. The van der Waals surface area contributed by atoms with Crippen LogP contribution in [0.2, 0.25) is 0 Å². The number of hydrogen-bond acceptors (Lipinski definition) is 5. The predicted octanol–water partition coefficient (Wildman–Crippen LogP) is 1.19. The zero-order chi connectivity index (χ0) is 17.4. The van der Waals surface area contributed by atoms with Crippen molar-refractivity contribution in [2.75, 3.05) is 24.2 Å². The van der Waals surface area contributed by atoms with Crippen LogP contribution in [0.4, 0.5) is 10.2 Å². The summed E-state index contributed by atoms with van der Waals surface area (Å²) in [4.78, 5) is 42.0. The molecule has 130 valence electrons. The highest BCUT2D eigenvalue weighted by atomic mass is 31.2. The maximum atomic E-state index is 14.7. The van der Waals surface area contributed by atoms with Crippen LogP contribution in [0, 0.1) is 0 Å². The van der Waals surface area contributed by atoms with E-state index in [-0.39, 0.29) is 24.8 Å². The molecule has 0 unspecified atom stereocenters. The molecule has 8 nitrogen and oxygen atoms in total. The molecule has 1 fully saturated rings. The maximum absolute atomic E-state index is 14.7. The fourth-order valence-corrected chi connectivity index (χ4v) is 3.62. The van der Waals surface area contributed by atoms with E-state index in [9.17, 15) is 13.8 Å². The first-order valence-electron chi connectivity index (χ1n) is 7.58. The van der Waals surface area contributed by atoms with Gasteiger partial charge in [0.25, 0.3) is 0 Å². The quantitative estimate of drug-likeness (QED) is 0.704. The summed E-state index contributed by atoms with van der Waals surface area (Å²) in [7, 11) is -4.19. The fraction of sp³-hybridized carbons (Fsp3) is 0.500. The zero-order valence-electron chi connectivity index (χ0n) is 12.9. The second-order valence-corrected chi connectivity index (χ2v) is 7.83. The van der Waals surface area contributed by atoms with Crippen molar-refractivity contribution in [2.24, 2.45) is 0 Å². The molecular formula is C14H18FN4O4P. The number of halogens is 1. The van der Waals surface area contributed by atoms with Crippen molar-refractivity contribution in [3.63, 3.8) is 0 Å². The number of nitrogens with one attached hydrogen (secondary N) is 1. The Morgan fingerprint density at radius 3 is 2.67 bits per heavy atom. The van der Waals surface area contributed by atoms with Crippen LogP contribution in [-0.2, 0) is 4.57 Å². The first kappa shape index (κ1) is 17.0. The van der Waals surface area contributed by atoms with Gasteiger partial charge in [-0.15, -0.1) is 0 Å². The monoisotopic (exact) mass is 356 g/mol. The molecule has 1 aliphatic heterocycles. The summed E-state index contributed by atoms with van der Waals surface area (Å²) >= 11 is 0. The van der Waals surface area contributed by atoms with Gasteiger partial charge >= 0.3 is 7.60 Å². The van der Waals surface area contributed by atoms with Crippen LogP contribution in [-0.4, -0.2) is 49.7 Å². The number of pyridine rings is 1. The molecule has 0 spiro atoms. The van der Waals surface area contributed by atoms with E-state index in [0.717, 1.165) is 0 Å². The molecule has 1 saturated heterocycles. The Labute approximate surface area is 136 Å². The van der Waals surface area contributed by atoms with Gasteiger partial charge in [-0.2, -0.15) is 0 Å². The number of anilines is 1. The van der Waals surface area contributed by atoms with Crippen molar-refractivity contribution in [1.29, 1.82) is 0 Å². The zero-order valence-corrected chi connectivity index (χ0v) is 13.7. The molecule has 3 rings (SSSR count). The number of fused-ring (bicyclic) bond motifs is 1. The van der Waals surface area contributed by atoms with Crippen molar-refractivity contribution in [1.82, 2.24) is 15.0 Å². The van der Waals surface area contributed by atoms with Gasteiger partial charge in [0, 0.05) is 19.2 Å². The molecule has 24 heavy (non-hydrogen) atoms. The molecular weight excluding hydrogens is 338 g/mol. The SMILES string of the molecule is O=c1ccc2c(N3CCC(F)(CCP(=O)(O)O)CC3)ncnc2[nH]1. The number of rotatable bonds is 4. The van der Waals surface area contributed by atoms with Crippen molar-refractivity contribution in [3.05, 3.63) is 28.8 Å². The third-order valence-electron chi connectivity index (χ3n) is 4.32. The Balaban J connectivity index is 1.75. The highest BCUT2D eigenvalue weighted by Crippen LogP contribution is 2.41. The molecule has 1 aliphatic rings. The third-order valence-corrected chi connectivity index (χ3v) is 5.12. The summed E-state index contributed by atoms with van der Waals surface area (Å²) in [6.45, 7) is 0.756. The Bertz CT molecular complexity index is 844. The van der Waals surface area contributed by atoms with Gasteiger partial charge in [0.15, 0.2) is 0 Å². The van der Waals surface area contributed by atoms with E-state index >= 15 is 0 Å². The van der Waals surface area contributed by atoms with Crippen LogP contribution >= 0.6 is 7.60 Å². The molecule has 3 N–H and O–H groups in total. The van der Waals surface area contributed by atoms with E-state index in [1.54, 1.807) is 6.07 Å². The Morgan fingerprint density at radius 1 is 1.29 bits per heavy atom. The van der Waals surface area contributed by atoms with E-state index in [0.29, 0.717) is 29.9 Å². The van der Waals surface area contributed by atoms with E-state index < -0.39 is 19.4 Å². The molecule has 0 radical (unpaired) electrons. The summed E-state index contributed by atoms with van der Waals surface area (Å²) < 4.78 is 25.7. The standard InChI is InChI=1S/C14H18FN4O4P/c15-14(5-8-24(21,22)23)3-6-19(7-4-14)13-10-1-2-11(20)18-12(10)16-9-17-13/h1-2,9H,3-8H2,(H2,21,22,23)(H,16,17,18,20). The number of alkyl halides is 1. The van der Waals surface area contributed by atoms with Gasteiger partial charge in [-0.1, -0.05) is 0 Å². The summed E-state index contributed by atoms with van der Waals surface area (Å²) in [5.74, 6) is 0.619. The molecule has 2 aromatic heterocycles. The molecule has 0 saturated carbocycles. The average molecular weight is 356 g/mol. The molecule has 0 aromatic carbocycles. The minimum absolute atomic E-state index is 0.150. The predicted molar refractivity (Wildman–Crippen MR) is 87.0 cm³/mol. The summed E-state index contributed by atoms with van der Waals surface area (Å²) in [5.41, 5.74) is -1.41. The molecule has 0 atom stereocenters. The highest BCUT2D eigenvalue weighted by molar-refractivity contribution is 7.51. The van der Waals surface area contributed by atoms with Crippen LogP contribution in [0.3, 0.4) is 0 Å². The molecule has 2 aromatic rings. The lowest BCUT2D eigenvalue weighted by Crippen LogP contribution is -2.42. The second-order valence-electron chi connectivity index (χ2n) is 6.06. The van der Waals surface area contributed by atoms with Crippen LogP contribution < -0.4 is 10.5 Å². The van der Waals surface area contributed by atoms with E-state index in [2.05, 4.69) is 15.0 Å². The molecule has 10 heteroatoms. The maximum Gasteiger partial charge on any atom is 0.325 e. The van der Waals surface area contributed by atoms with Crippen molar-refractivity contribution in [3.8, 4) is 0 Å². The van der Waals surface area contributed by atoms with Crippen LogP contribution in [0.15, 0.2) is 23.3 Å². The van der Waals surface area contributed by atoms with Gasteiger partial charge in [-0.05, 0) is 25.3 Å². The van der Waals surface area contributed by atoms with E-state index in [4.69, 9.17) is 9.79 Å². The molecule has 0 aliphatic carbocycles. The van der Waals surface area contributed by atoms with Crippen LogP contribution in [0.5, 0.6) is 0 Å². The van der Waals surface area contributed by atoms with E-state index in [1.807, 2.05) is 4.90 Å². The number of aromatic nitrogens is 3. The van der Waals surface area contributed by atoms with Crippen molar-refractivity contribution in [2.45, 2.75) is 24.9 Å². The van der Waals surface area contributed by atoms with Crippen LogP contribution in [0.25, 0.3) is 11.0 Å². The molecule has 0 amide bonds. The highest BCUT2D eigenvalue weighted by Gasteiger charge is 2.36. The summed E-state index contributed by atoms with van der Waals surface area (Å²) in [6, 6.07) is 3.02. The Kier molecular flexibility index (Phi) is 4.42. The minimum Gasteiger partial charge on any atom is -0.356 e. The van der Waals surface area contributed by atoms with Gasteiger partial charge < -0.3 is 19.7 Å². The Morgan fingerprint density at radius 2 is 2.00 bits per heavy atom. The van der Waals surface area contributed by atoms with Crippen LogP contribution in [0.1, 0.15) is 19.3 Å². The first-order chi connectivity index (χ1) is 11.3. The average Bonchev–Trinajstić information content (AvgIpc) is 2.53. The molecule has 0 bridgehead atoms. The lowest BCUT2D eigenvalue weighted by atomic mass is 9.90. The Hall–Kier alpha value is -1.83. The van der Waals surface area contributed by atoms with E-state index in [1.165, 1.54) is 12.4 Å². The number of aromatic amines is 1. The summed E-state index contributed by atoms with van der Waals surface area (Å²) in [6.07, 6.45) is 1.09. The largest absolute Gasteiger partial charge is 0.356 e. The van der Waals surface area contributed by atoms with Crippen molar-refractivity contribution >= 4 is 24.4 Å². The topological polar surface area (TPSA) is 119 Å². The second kappa shape index (κ2) is 6.23. The van der Waals surface area contributed by atoms with Gasteiger partial charge in [0.05, 0.1) is 11.5 Å². The van der Waals surface area contributed by atoms with Gasteiger partial charge in [-0.25, -0.2) is 14.4 Å². The lowest BCUT2D eigenvalue weighted by molar-refractivity contribution is 0.119. The lowest BCUT2D eigenvalue weighted by Gasteiger charge is -2.37. The smallest absolute Gasteiger partial charge is 0.325 e. The fourth-order valence-electron chi connectivity index (χ4n) is 2.92. The number of hydrogen-bond donors (Lipinski definition) is 3. The van der Waals surface area contributed by atoms with Gasteiger partial charge in [0.2, 0.25) is 5.56 Å². The van der Waals surface area contributed by atoms with Gasteiger partial charge in [0.1, 0.15) is 23.5 Å². The minimum atomic E-state index is -4.19. The number of nitrogens with zero attached hydrogens (tertiary/aromatic N) is 3. The van der Waals surface area contributed by atoms with Crippen molar-refractivity contribution < 1.29 is 18.7 Å². The first-order valence-corrected chi connectivity index (χ1v) is 9.38. The summed E-state index contributed by atoms with van der Waals surface area (Å²) in [5, 5.41) is 0.679. The third kappa shape index (κ3) is 3.80.